The molecule has 0 aliphatic heterocycles. The molecule has 1 heterocycles. The van der Waals surface area contributed by atoms with E-state index in [-0.39, 0.29) is 0 Å². The van der Waals surface area contributed by atoms with Crippen LogP contribution in [0.5, 0.6) is 0 Å². The summed E-state index contributed by atoms with van der Waals surface area (Å²) in [6.45, 7) is 0. The minimum absolute atomic E-state index is 0.370. The van der Waals surface area contributed by atoms with Crippen LogP contribution in [0.2, 0.25) is 0 Å². The number of carbonyl (C=O) groups excluding carboxylic acids is 1. The number of nitrogens with zero attached hydrogens (tertiary/aromatic N) is 2. The van der Waals surface area contributed by atoms with Crippen LogP contribution in [0.4, 0.5) is 0 Å². The number of rotatable bonds is 2. The Labute approximate surface area is 101 Å². The van der Waals surface area contributed by atoms with E-state index in [9.17, 15) is 4.79 Å². The molecule has 1 rings (SSSR count). The van der Waals surface area contributed by atoms with Crippen molar-refractivity contribution in [2.45, 2.75) is 0 Å². The zero-order valence-corrected chi connectivity index (χ0v) is 10.6. The lowest BCUT2D eigenvalue weighted by Crippen LogP contribution is -2.10. The predicted molar refractivity (Wildman–Crippen MR) is 58.8 cm³/mol. The number of thiophene rings is 1. The van der Waals surface area contributed by atoms with E-state index in [0.717, 1.165) is 3.79 Å². The molecule has 70 valence electrons. The van der Waals surface area contributed by atoms with Gasteiger partial charge >= 0.3 is 0 Å². The van der Waals surface area contributed by atoms with Crippen molar-refractivity contribution in [1.82, 2.24) is 0 Å². The van der Waals surface area contributed by atoms with E-state index in [4.69, 9.17) is 10.5 Å². The van der Waals surface area contributed by atoms with Crippen LogP contribution in [0, 0.1) is 28.6 Å². The summed E-state index contributed by atoms with van der Waals surface area (Å²) in [6, 6.07) is 4.88. The normalized spacial score (nSPS) is 9.50. The molecule has 0 aliphatic carbocycles. The molecule has 0 atom stereocenters. The second-order valence-electron chi connectivity index (χ2n) is 2.29. The maximum atomic E-state index is 11.6. The van der Waals surface area contributed by atoms with Crippen LogP contribution in [-0.4, -0.2) is 5.78 Å². The van der Waals surface area contributed by atoms with Crippen molar-refractivity contribution in [2.75, 3.05) is 0 Å². The van der Waals surface area contributed by atoms with E-state index < -0.39 is 11.7 Å². The predicted octanol–water partition coefficient (Wildman–Crippen LogP) is 3.12. The lowest BCUT2D eigenvalue weighted by molar-refractivity contribution is 0.0970. The van der Waals surface area contributed by atoms with E-state index in [1.165, 1.54) is 11.3 Å². The Morgan fingerprint density at radius 2 is 2.00 bits per heavy atom. The summed E-state index contributed by atoms with van der Waals surface area (Å²) in [5, 5.41) is 17.1. The average Bonchev–Trinajstić information content (AvgIpc) is 2.47. The fraction of sp³-hybridized carbons (Fsp3) is 0.125. The molecular formula is C8H2Br2N2OS. The van der Waals surface area contributed by atoms with Gasteiger partial charge in [-0.05, 0) is 37.9 Å². The van der Waals surface area contributed by atoms with Crippen molar-refractivity contribution in [3.05, 3.63) is 19.2 Å². The summed E-state index contributed by atoms with van der Waals surface area (Å²) in [5.41, 5.74) is 0.370. The quantitative estimate of drug-likeness (QED) is 0.781. The molecule has 0 bridgehead atoms. The number of halogens is 2. The smallest absolute Gasteiger partial charge is 0.196 e. The maximum Gasteiger partial charge on any atom is 0.196 e. The van der Waals surface area contributed by atoms with Gasteiger partial charge < -0.3 is 0 Å². The molecule has 0 saturated carbocycles. The van der Waals surface area contributed by atoms with Crippen LogP contribution in [0.15, 0.2) is 13.6 Å². The fourth-order valence-electron chi connectivity index (χ4n) is 0.810. The molecule has 1 aromatic heterocycles. The molecule has 0 amide bonds. The van der Waals surface area contributed by atoms with Crippen LogP contribution in [-0.2, 0) is 0 Å². The van der Waals surface area contributed by atoms with Crippen LogP contribution in [0.25, 0.3) is 0 Å². The Bertz CT molecular complexity index is 441. The lowest BCUT2D eigenvalue weighted by Gasteiger charge is -1.96. The third-order valence-electron chi connectivity index (χ3n) is 1.44. The monoisotopic (exact) mass is 332 g/mol. The van der Waals surface area contributed by atoms with Crippen molar-refractivity contribution < 1.29 is 4.79 Å². The van der Waals surface area contributed by atoms with E-state index in [0.29, 0.717) is 9.35 Å². The highest BCUT2D eigenvalue weighted by molar-refractivity contribution is 9.12. The first kappa shape index (κ1) is 11.4. The van der Waals surface area contributed by atoms with Gasteiger partial charge in [0.05, 0.1) is 19.7 Å². The van der Waals surface area contributed by atoms with Crippen LogP contribution in [0.1, 0.15) is 10.4 Å². The maximum absolute atomic E-state index is 11.6. The van der Waals surface area contributed by atoms with Crippen molar-refractivity contribution in [2.24, 2.45) is 5.92 Å². The Morgan fingerprint density at radius 1 is 1.43 bits per heavy atom. The van der Waals surface area contributed by atoms with E-state index in [1.807, 2.05) is 0 Å². The third-order valence-corrected chi connectivity index (χ3v) is 3.78. The molecule has 0 fully saturated rings. The van der Waals surface area contributed by atoms with Gasteiger partial charge in [-0.3, -0.25) is 4.79 Å². The van der Waals surface area contributed by atoms with Crippen LogP contribution >= 0.6 is 43.2 Å². The Morgan fingerprint density at radius 3 is 2.36 bits per heavy atom. The van der Waals surface area contributed by atoms with Gasteiger partial charge in [0, 0.05) is 5.56 Å². The molecule has 0 N–H and O–H groups in total. The van der Waals surface area contributed by atoms with Gasteiger partial charge in [0.2, 0.25) is 0 Å². The number of nitriles is 2. The third kappa shape index (κ3) is 2.21. The standard InChI is InChI=1S/C8H2Br2N2OS/c9-6-1-5(8(10)14-6)7(13)4(2-11)3-12/h1,4H. The number of hydrogen-bond donors (Lipinski definition) is 0. The van der Waals surface area contributed by atoms with Gasteiger partial charge in [-0.2, -0.15) is 10.5 Å². The highest BCUT2D eigenvalue weighted by Gasteiger charge is 2.22. The van der Waals surface area contributed by atoms with Crippen LogP contribution < -0.4 is 0 Å². The molecule has 6 heteroatoms. The summed E-state index contributed by atoms with van der Waals surface area (Å²) in [4.78, 5) is 11.6. The van der Waals surface area contributed by atoms with E-state index >= 15 is 0 Å². The SMILES string of the molecule is N#CC(C#N)C(=O)c1cc(Br)sc1Br. The summed E-state index contributed by atoms with van der Waals surface area (Å²) in [6.07, 6.45) is 0. The highest BCUT2D eigenvalue weighted by atomic mass is 79.9. The molecule has 0 unspecified atom stereocenters. The summed E-state index contributed by atoms with van der Waals surface area (Å²) >= 11 is 7.74. The van der Waals surface area contributed by atoms with Crippen molar-refractivity contribution in [3.63, 3.8) is 0 Å². The fourth-order valence-corrected chi connectivity index (χ4v) is 3.63. The summed E-state index contributed by atoms with van der Waals surface area (Å²) < 4.78 is 1.41. The summed E-state index contributed by atoms with van der Waals surface area (Å²) in [5.74, 6) is -1.70. The zero-order valence-electron chi connectivity index (χ0n) is 6.62. The average molecular weight is 334 g/mol. The molecular weight excluding hydrogens is 332 g/mol. The lowest BCUT2D eigenvalue weighted by atomic mass is 10.0. The van der Waals surface area contributed by atoms with Gasteiger partial charge in [0.1, 0.15) is 0 Å². The topological polar surface area (TPSA) is 64.7 Å². The van der Waals surface area contributed by atoms with Gasteiger partial charge in [-0.15, -0.1) is 11.3 Å². The Hall–Kier alpha value is -0.690. The number of hydrogen-bond acceptors (Lipinski definition) is 4. The molecule has 1 aromatic rings. The van der Waals surface area contributed by atoms with Gasteiger partial charge in [0.25, 0.3) is 0 Å². The molecule has 0 saturated heterocycles. The first-order valence-electron chi connectivity index (χ1n) is 3.38. The minimum atomic E-state index is -1.23. The molecule has 3 nitrogen and oxygen atoms in total. The molecule has 0 aromatic carbocycles. The van der Waals surface area contributed by atoms with Gasteiger partial charge in [-0.1, -0.05) is 0 Å². The number of ketones is 1. The number of carbonyl (C=O) groups is 1. The second kappa shape index (κ2) is 4.70. The van der Waals surface area contributed by atoms with Crippen LogP contribution in [0.3, 0.4) is 0 Å². The van der Waals surface area contributed by atoms with Crippen molar-refractivity contribution in [3.8, 4) is 12.1 Å². The molecule has 0 aliphatic rings. The first-order chi connectivity index (χ1) is 6.60. The summed E-state index contributed by atoms with van der Waals surface area (Å²) in [7, 11) is 0. The highest BCUT2D eigenvalue weighted by Crippen LogP contribution is 2.33. The zero-order chi connectivity index (χ0) is 10.7. The van der Waals surface area contributed by atoms with E-state index in [1.54, 1.807) is 18.2 Å². The number of Topliss-reactive ketones (excluding diaryl/α,β-unsaturated/α-hetero) is 1. The largest absolute Gasteiger partial charge is 0.291 e. The van der Waals surface area contributed by atoms with Crippen molar-refractivity contribution in [1.29, 1.82) is 10.5 Å². The molecule has 0 radical (unpaired) electrons. The molecule has 0 spiro atoms. The molecule has 14 heavy (non-hydrogen) atoms. The van der Waals surface area contributed by atoms with Crippen molar-refractivity contribution >= 4 is 49.0 Å². The Balaban J connectivity index is 3.08. The Kier molecular flexibility index (Phi) is 3.82. The van der Waals surface area contributed by atoms with E-state index in [2.05, 4.69) is 31.9 Å². The minimum Gasteiger partial charge on any atom is -0.291 e. The van der Waals surface area contributed by atoms with Gasteiger partial charge in [0.15, 0.2) is 11.7 Å². The first-order valence-corrected chi connectivity index (χ1v) is 5.78. The second-order valence-corrected chi connectivity index (χ2v) is 6.04. The van der Waals surface area contributed by atoms with Gasteiger partial charge in [-0.25, -0.2) is 0 Å².